The minimum absolute atomic E-state index is 0.0909. The normalized spacial score (nSPS) is 11.3. The molecule has 0 bridgehead atoms. The molecule has 0 atom stereocenters. The molecule has 0 saturated carbocycles. The van der Waals surface area contributed by atoms with Crippen LogP contribution < -0.4 is 10.1 Å². The summed E-state index contributed by atoms with van der Waals surface area (Å²) in [6.07, 6.45) is 8.61. The van der Waals surface area contributed by atoms with E-state index in [9.17, 15) is 4.79 Å². The summed E-state index contributed by atoms with van der Waals surface area (Å²) >= 11 is 0. The Balaban J connectivity index is 1.15. The van der Waals surface area contributed by atoms with Crippen LogP contribution in [0.1, 0.15) is 47.9 Å². The molecule has 4 aromatic rings. The summed E-state index contributed by atoms with van der Waals surface area (Å²) in [5, 5.41) is 7.01. The number of benzene rings is 1. The van der Waals surface area contributed by atoms with E-state index in [1.54, 1.807) is 19.4 Å². The molecule has 188 valence electrons. The van der Waals surface area contributed by atoms with E-state index >= 15 is 0 Å². The van der Waals surface area contributed by atoms with Gasteiger partial charge in [-0.2, -0.15) is 4.98 Å². The standard InChI is InChI=1S/C28H32N4O4/c1-20-18-23(21(2)32(20)19-25-8-7-17-35-25)12-15-26(33)29-16-6-4-5-9-27-30-28(31-36-27)22-10-13-24(34-3)14-11-22/h7-8,10-15,17-18H,4-6,9,16,19H2,1-3H3,(H,29,33)/b15-12+. The molecule has 36 heavy (non-hydrogen) atoms. The van der Waals surface area contributed by atoms with E-state index in [1.165, 1.54) is 0 Å². The summed E-state index contributed by atoms with van der Waals surface area (Å²) in [5.74, 6) is 2.80. The van der Waals surface area contributed by atoms with Crippen LogP contribution in [0.4, 0.5) is 0 Å². The van der Waals surface area contributed by atoms with Crippen LogP contribution in [0.2, 0.25) is 0 Å². The predicted octanol–water partition coefficient (Wildman–Crippen LogP) is 5.35. The van der Waals surface area contributed by atoms with E-state index < -0.39 is 0 Å². The van der Waals surface area contributed by atoms with Crippen LogP contribution in [0.15, 0.2) is 63.7 Å². The van der Waals surface area contributed by atoms with Crippen molar-refractivity contribution in [1.82, 2.24) is 20.0 Å². The van der Waals surface area contributed by atoms with Gasteiger partial charge < -0.3 is 23.6 Å². The molecule has 0 fully saturated rings. The average Bonchev–Trinajstić information content (AvgIpc) is 3.63. The predicted molar refractivity (Wildman–Crippen MR) is 138 cm³/mol. The van der Waals surface area contributed by atoms with Crippen LogP contribution in [0.25, 0.3) is 17.5 Å². The smallest absolute Gasteiger partial charge is 0.244 e. The molecular formula is C28H32N4O4. The first-order valence-corrected chi connectivity index (χ1v) is 12.2. The van der Waals surface area contributed by atoms with E-state index in [0.29, 0.717) is 31.2 Å². The minimum atomic E-state index is -0.0909. The van der Waals surface area contributed by atoms with Crippen molar-refractivity contribution in [2.24, 2.45) is 0 Å². The van der Waals surface area contributed by atoms with Gasteiger partial charge in [0.2, 0.25) is 17.6 Å². The molecule has 1 amide bonds. The highest BCUT2D eigenvalue weighted by Crippen LogP contribution is 2.21. The van der Waals surface area contributed by atoms with Crippen LogP contribution in [0, 0.1) is 13.8 Å². The minimum Gasteiger partial charge on any atom is -0.497 e. The lowest BCUT2D eigenvalue weighted by Gasteiger charge is -2.07. The molecule has 0 aliphatic heterocycles. The van der Waals surface area contributed by atoms with Gasteiger partial charge in [0.15, 0.2) is 0 Å². The van der Waals surface area contributed by atoms with Crippen molar-refractivity contribution >= 4 is 12.0 Å². The molecule has 0 radical (unpaired) electrons. The maximum absolute atomic E-state index is 12.2. The maximum Gasteiger partial charge on any atom is 0.244 e. The van der Waals surface area contributed by atoms with Gasteiger partial charge in [-0.05, 0) is 80.8 Å². The number of ether oxygens (including phenoxy) is 1. The average molecular weight is 489 g/mol. The molecule has 8 nitrogen and oxygen atoms in total. The fourth-order valence-electron chi connectivity index (χ4n) is 4.03. The van der Waals surface area contributed by atoms with Crippen LogP contribution in [0.5, 0.6) is 5.75 Å². The summed E-state index contributed by atoms with van der Waals surface area (Å²) in [6, 6.07) is 13.5. The number of hydrogen-bond acceptors (Lipinski definition) is 6. The van der Waals surface area contributed by atoms with Crippen LogP contribution in [-0.4, -0.2) is 34.3 Å². The van der Waals surface area contributed by atoms with Gasteiger partial charge >= 0.3 is 0 Å². The summed E-state index contributed by atoms with van der Waals surface area (Å²) in [6.45, 7) is 5.41. The summed E-state index contributed by atoms with van der Waals surface area (Å²) in [5.41, 5.74) is 4.15. The van der Waals surface area contributed by atoms with Gasteiger partial charge in [0.1, 0.15) is 11.5 Å². The number of nitrogens with zero attached hydrogens (tertiary/aromatic N) is 3. The van der Waals surface area contributed by atoms with Gasteiger partial charge in [-0.1, -0.05) is 11.6 Å². The van der Waals surface area contributed by atoms with E-state index in [2.05, 4.69) is 39.9 Å². The molecule has 0 aliphatic carbocycles. The van der Waals surface area contributed by atoms with Gasteiger partial charge in [-0.3, -0.25) is 4.79 Å². The second-order valence-electron chi connectivity index (χ2n) is 8.67. The molecule has 0 aliphatic rings. The Morgan fingerprint density at radius 1 is 1.14 bits per heavy atom. The molecule has 0 spiro atoms. The molecule has 1 aromatic carbocycles. The second-order valence-corrected chi connectivity index (χ2v) is 8.67. The lowest BCUT2D eigenvalue weighted by atomic mass is 10.2. The third-order valence-electron chi connectivity index (χ3n) is 6.10. The Labute approximate surface area is 211 Å². The molecule has 4 rings (SSSR count). The Bertz CT molecular complexity index is 1280. The summed E-state index contributed by atoms with van der Waals surface area (Å²) in [4.78, 5) is 16.7. The molecule has 0 unspecified atom stereocenters. The topological polar surface area (TPSA) is 95.3 Å². The van der Waals surface area contributed by atoms with E-state index in [-0.39, 0.29) is 5.91 Å². The Hall–Kier alpha value is -4.07. The van der Waals surface area contributed by atoms with Gasteiger partial charge in [-0.25, -0.2) is 0 Å². The Morgan fingerprint density at radius 3 is 2.72 bits per heavy atom. The molecule has 1 N–H and O–H groups in total. The van der Waals surface area contributed by atoms with E-state index in [0.717, 1.165) is 53.3 Å². The quantitative estimate of drug-likeness (QED) is 0.213. The molecule has 0 saturated heterocycles. The number of carbonyl (C=O) groups excluding carboxylic acids is 1. The highest BCUT2D eigenvalue weighted by atomic mass is 16.5. The number of aromatic nitrogens is 3. The van der Waals surface area contributed by atoms with Crippen molar-refractivity contribution in [3.63, 3.8) is 0 Å². The van der Waals surface area contributed by atoms with Gasteiger partial charge in [0, 0.05) is 36.0 Å². The van der Waals surface area contributed by atoms with E-state index in [4.69, 9.17) is 13.7 Å². The zero-order chi connectivity index (χ0) is 25.3. The maximum atomic E-state index is 12.2. The fraction of sp³-hybridized carbons (Fsp3) is 0.321. The van der Waals surface area contributed by atoms with Crippen LogP contribution in [-0.2, 0) is 17.8 Å². The SMILES string of the molecule is COc1ccc(-c2noc(CCCCCNC(=O)/C=C/c3cc(C)n(Cc4ccco4)c3C)n2)cc1. The van der Waals surface area contributed by atoms with Gasteiger partial charge in [0.05, 0.1) is 19.9 Å². The fourth-order valence-corrected chi connectivity index (χ4v) is 4.03. The molecule has 3 aromatic heterocycles. The van der Waals surface area contributed by atoms with E-state index in [1.807, 2.05) is 42.5 Å². The zero-order valence-electron chi connectivity index (χ0n) is 21.0. The lowest BCUT2D eigenvalue weighted by molar-refractivity contribution is -0.116. The van der Waals surface area contributed by atoms with Crippen molar-refractivity contribution < 1.29 is 18.5 Å². The largest absolute Gasteiger partial charge is 0.497 e. The first-order chi connectivity index (χ1) is 17.5. The number of furan rings is 1. The lowest BCUT2D eigenvalue weighted by Crippen LogP contribution is -2.22. The van der Waals surface area contributed by atoms with Crippen LogP contribution >= 0.6 is 0 Å². The number of rotatable bonds is 12. The summed E-state index contributed by atoms with van der Waals surface area (Å²) in [7, 11) is 1.63. The number of unbranched alkanes of at least 4 members (excludes halogenated alkanes) is 2. The number of carbonyl (C=O) groups is 1. The third kappa shape index (κ3) is 6.53. The third-order valence-corrected chi connectivity index (χ3v) is 6.10. The molecular weight excluding hydrogens is 456 g/mol. The highest BCUT2D eigenvalue weighted by Gasteiger charge is 2.10. The second kappa shape index (κ2) is 12.1. The number of nitrogens with one attached hydrogen (secondary N) is 1. The van der Waals surface area contributed by atoms with Gasteiger partial charge in [-0.15, -0.1) is 0 Å². The highest BCUT2D eigenvalue weighted by molar-refractivity contribution is 5.91. The molecule has 8 heteroatoms. The first kappa shape index (κ1) is 25.0. The number of aryl methyl sites for hydroxylation is 2. The van der Waals surface area contributed by atoms with Crippen molar-refractivity contribution in [1.29, 1.82) is 0 Å². The van der Waals surface area contributed by atoms with Crippen molar-refractivity contribution in [3.8, 4) is 17.1 Å². The Morgan fingerprint density at radius 2 is 1.97 bits per heavy atom. The monoisotopic (exact) mass is 488 g/mol. The van der Waals surface area contributed by atoms with Crippen LogP contribution in [0.3, 0.4) is 0 Å². The van der Waals surface area contributed by atoms with Gasteiger partial charge in [0.25, 0.3) is 0 Å². The molecule has 3 heterocycles. The van der Waals surface area contributed by atoms with Crippen molar-refractivity contribution in [3.05, 3.63) is 83.4 Å². The van der Waals surface area contributed by atoms with Crippen molar-refractivity contribution in [2.45, 2.75) is 46.1 Å². The summed E-state index contributed by atoms with van der Waals surface area (Å²) < 4.78 is 18.2. The number of hydrogen-bond donors (Lipinski definition) is 1. The number of methoxy groups -OCH3 is 1. The first-order valence-electron chi connectivity index (χ1n) is 12.2. The zero-order valence-corrected chi connectivity index (χ0v) is 21.0. The number of amides is 1. The van der Waals surface area contributed by atoms with Crippen molar-refractivity contribution in [2.75, 3.05) is 13.7 Å². The Kier molecular flexibility index (Phi) is 8.39.